The van der Waals surface area contributed by atoms with E-state index in [1.165, 1.54) is 43.4 Å². The second-order valence-corrected chi connectivity index (χ2v) is 17.3. The molecule has 438 valence electrons. The molecule has 0 fully saturated rings. The minimum Gasteiger partial charge on any atom is -0.493 e. The summed E-state index contributed by atoms with van der Waals surface area (Å²) in [7, 11) is 2.45. The second-order valence-electron chi connectivity index (χ2n) is 16.5. The molecule has 31 heteroatoms. The molecule has 0 amide bonds. The first-order valence-electron chi connectivity index (χ1n) is 23.5. The maximum atomic E-state index is 14.7. The Hall–Kier alpha value is -8.67. The lowest BCUT2D eigenvalue weighted by Crippen LogP contribution is -2.39. The van der Waals surface area contributed by atoms with Crippen molar-refractivity contribution in [3.05, 3.63) is 56.6 Å². The molecule has 1 spiro atoms. The van der Waals surface area contributed by atoms with Crippen LogP contribution in [0.4, 0.5) is 5.69 Å². The maximum Gasteiger partial charge on any atom is 0.340 e. The van der Waals surface area contributed by atoms with Crippen LogP contribution < -0.4 is 33.3 Å². The van der Waals surface area contributed by atoms with E-state index >= 15 is 0 Å². The molecule has 0 saturated heterocycles. The summed E-state index contributed by atoms with van der Waals surface area (Å²) in [5, 5.41) is -0.801. The number of methoxy groups -OCH3 is 2. The number of anilines is 1. The number of ether oxygens (including phenoxy) is 16. The molecule has 0 saturated carbocycles. The highest BCUT2D eigenvalue weighted by atomic mass is 35.5. The second kappa shape index (κ2) is 29.0. The Morgan fingerprint density at radius 3 is 1.31 bits per heavy atom. The highest BCUT2D eigenvalue weighted by Gasteiger charge is 2.57. The molecule has 3 aromatic carbocycles. The Morgan fingerprint density at radius 1 is 0.506 bits per heavy atom. The summed E-state index contributed by atoms with van der Waals surface area (Å²) in [6, 6.07) is 5.04. The largest absolute Gasteiger partial charge is 0.493 e. The van der Waals surface area contributed by atoms with Gasteiger partial charge >= 0.3 is 65.7 Å². The van der Waals surface area contributed by atoms with Gasteiger partial charge in [0.15, 0.2) is 40.1 Å². The molecule has 0 aliphatic carbocycles. The Morgan fingerprint density at radius 2 is 0.914 bits per heavy atom. The van der Waals surface area contributed by atoms with Crippen molar-refractivity contribution in [2.45, 2.75) is 47.1 Å². The average Bonchev–Trinajstić information content (AvgIpc) is 3.98. The van der Waals surface area contributed by atoms with Crippen molar-refractivity contribution < 1.29 is 129 Å². The number of carbonyl (C=O) groups excluding carboxylic acids is 11. The number of benzene rings is 3. The molecular weight excluding hydrogens is 1130 g/mol. The highest BCUT2D eigenvalue weighted by molar-refractivity contribution is 6.35. The fourth-order valence-corrected chi connectivity index (χ4v) is 8.04. The maximum absolute atomic E-state index is 14.7. The van der Waals surface area contributed by atoms with Gasteiger partial charge in [0, 0.05) is 53.7 Å². The normalized spacial score (nSPS) is 12.2. The van der Waals surface area contributed by atoms with Crippen LogP contribution in [0.15, 0.2) is 24.3 Å². The molecule has 2 aliphatic heterocycles. The van der Waals surface area contributed by atoms with Gasteiger partial charge in [-0.3, -0.25) is 52.8 Å². The van der Waals surface area contributed by atoms with E-state index in [1.54, 1.807) is 0 Å². The summed E-state index contributed by atoms with van der Waals surface area (Å²) in [4.78, 5) is 139. The summed E-state index contributed by atoms with van der Waals surface area (Å²) >= 11 is 14.0. The molecule has 29 nitrogen and oxygen atoms in total. The van der Waals surface area contributed by atoms with Gasteiger partial charge in [-0.15, -0.1) is 0 Å². The topological polar surface area (TPSA) is 342 Å². The van der Waals surface area contributed by atoms with Crippen molar-refractivity contribution in [1.82, 2.24) is 4.90 Å². The Balaban J connectivity index is 1.66. The quantitative estimate of drug-likeness (QED) is 0.0331. The standard InChI is InChI=1S/C50H52Cl2N2O27/c1-25(55)70-21-74-39(61)17-53(18-40(62)75-22-71-26(2)56)9-10-68-11-12-69-36-14-32-31(13-35(36)54(19-41(63)76-23-72-27(3)57)20-42(64)77-24-73-28(4)58)49(65)81-50(32)33-15-37(66-7)47(78-29(5)59)43(51)45(33)80-46-34(50)16-38(67-8)48(44(46)52)79-30(6)60/h13-16H,9-12,17-24H2,1-8H3. The van der Waals surface area contributed by atoms with Crippen molar-refractivity contribution in [3.63, 3.8) is 0 Å². The number of esters is 11. The first kappa shape index (κ1) is 63.2. The number of nitrogens with zero attached hydrogens (tertiary/aromatic N) is 2. The Bertz CT molecular complexity index is 2810. The number of hydrogen-bond donors (Lipinski definition) is 0. The number of hydrogen-bond acceptors (Lipinski definition) is 29. The lowest BCUT2D eigenvalue weighted by molar-refractivity contribution is -0.170. The van der Waals surface area contributed by atoms with Gasteiger partial charge in [0.25, 0.3) is 0 Å². The van der Waals surface area contributed by atoms with E-state index in [1.807, 2.05) is 0 Å². The molecule has 2 heterocycles. The molecule has 3 aromatic rings. The fraction of sp³-hybridized carbons (Fsp3) is 0.420. The highest BCUT2D eigenvalue weighted by Crippen LogP contribution is 2.64. The Kier molecular flexibility index (Phi) is 22.6. The molecule has 0 atom stereocenters. The lowest BCUT2D eigenvalue weighted by atomic mass is 9.77. The summed E-state index contributed by atoms with van der Waals surface area (Å²) in [5.41, 5.74) is -3.00. The third-order valence-electron chi connectivity index (χ3n) is 10.8. The van der Waals surface area contributed by atoms with E-state index in [0.717, 1.165) is 46.4 Å². The Labute approximate surface area is 469 Å². The fourth-order valence-electron chi connectivity index (χ4n) is 7.49. The average molecular weight is 1180 g/mol. The molecular formula is C50H52Cl2N2O27. The zero-order valence-electron chi connectivity index (χ0n) is 44.5. The van der Waals surface area contributed by atoms with Crippen LogP contribution in [-0.2, 0) is 101 Å². The molecule has 0 radical (unpaired) electrons. The van der Waals surface area contributed by atoms with Crippen molar-refractivity contribution in [3.8, 4) is 40.2 Å². The minimum absolute atomic E-state index is 0.0821. The number of rotatable bonds is 28. The molecule has 0 aromatic heterocycles. The first-order valence-corrected chi connectivity index (χ1v) is 24.3. The van der Waals surface area contributed by atoms with E-state index in [9.17, 15) is 52.7 Å². The van der Waals surface area contributed by atoms with Gasteiger partial charge in [-0.1, -0.05) is 23.2 Å². The number of halogens is 2. The van der Waals surface area contributed by atoms with Crippen LogP contribution in [0.3, 0.4) is 0 Å². The van der Waals surface area contributed by atoms with Gasteiger partial charge in [0.05, 0.1) is 62.9 Å². The van der Waals surface area contributed by atoms with E-state index in [4.69, 9.17) is 89.5 Å². The van der Waals surface area contributed by atoms with Crippen LogP contribution >= 0.6 is 23.2 Å². The van der Waals surface area contributed by atoms with Crippen molar-refractivity contribution in [1.29, 1.82) is 0 Å². The molecule has 0 N–H and O–H groups in total. The van der Waals surface area contributed by atoms with Crippen molar-refractivity contribution in [2.24, 2.45) is 0 Å². The van der Waals surface area contributed by atoms with Gasteiger partial charge in [-0.05, 0) is 24.3 Å². The molecule has 0 bridgehead atoms. The summed E-state index contributed by atoms with van der Waals surface area (Å²) < 4.78 is 85.7. The predicted octanol–water partition coefficient (Wildman–Crippen LogP) is 3.19. The van der Waals surface area contributed by atoms with Crippen LogP contribution in [0.1, 0.15) is 68.6 Å². The molecule has 0 unspecified atom stereocenters. The van der Waals surface area contributed by atoms with Gasteiger partial charge in [-0.25, -0.2) is 4.79 Å². The third-order valence-corrected chi connectivity index (χ3v) is 11.5. The van der Waals surface area contributed by atoms with E-state index in [-0.39, 0.29) is 87.9 Å². The van der Waals surface area contributed by atoms with Gasteiger partial charge in [-0.2, -0.15) is 0 Å². The van der Waals surface area contributed by atoms with E-state index in [0.29, 0.717) is 0 Å². The number of carbonyl (C=O) groups is 11. The zero-order chi connectivity index (χ0) is 59.7. The summed E-state index contributed by atoms with van der Waals surface area (Å²) in [6.45, 7) is -0.556. The lowest BCUT2D eigenvalue weighted by Gasteiger charge is -2.38. The van der Waals surface area contributed by atoms with Crippen LogP contribution in [-0.4, -0.2) is 164 Å². The van der Waals surface area contributed by atoms with Gasteiger partial charge in [0.2, 0.25) is 27.2 Å². The third kappa shape index (κ3) is 16.7. The van der Waals surface area contributed by atoms with Crippen LogP contribution in [0.2, 0.25) is 10.0 Å². The number of fused-ring (bicyclic) bond motifs is 6. The SMILES string of the molecule is COc1cc2c(c(Cl)c1OC(C)=O)Oc1c(cc(OC)c(OC(C)=O)c1Cl)C21OC(=O)c2cc(N(CC(=O)OCOC(C)=O)CC(=O)OCOC(C)=O)c(OCCOCCN(CC(=O)OCOC(C)=O)CC(=O)OCOC(C)=O)cc21. The summed E-state index contributed by atoms with van der Waals surface area (Å²) in [5.74, 6) is -11.8. The van der Waals surface area contributed by atoms with Crippen LogP contribution in [0.5, 0.6) is 40.2 Å². The van der Waals surface area contributed by atoms with Crippen LogP contribution in [0.25, 0.3) is 0 Å². The summed E-state index contributed by atoms with van der Waals surface area (Å²) in [6.07, 6.45) is 0. The van der Waals surface area contributed by atoms with Crippen molar-refractivity contribution in [2.75, 3.05) is 98.8 Å². The van der Waals surface area contributed by atoms with E-state index in [2.05, 4.69) is 9.47 Å². The van der Waals surface area contributed by atoms with Crippen LogP contribution in [0, 0.1) is 0 Å². The monoisotopic (exact) mass is 1180 g/mol. The van der Waals surface area contributed by atoms with Crippen molar-refractivity contribution >= 4 is 94.6 Å². The van der Waals surface area contributed by atoms with Gasteiger partial charge < -0.3 is 80.7 Å². The van der Waals surface area contributed by atoms with Gasteiger partial charge in [0.1, 0.15) is 35.5 Å². The smallest absolute Gasteiger partial charge is 0.340 e. The molecule has 5 rings (SSSR count). The van der Waals surface area contributed by atoms with E-state index < -0.39 is 141 Å². The predicted molar refractivity (Wildman–Crippen MR) is 266 cm³/mol. The molecule has 2 aliphatic rings. The zero-order valence-corrected chi connectivity index (χ0v) is 46.0. The molecule has 81 heavy (non-hydrogen) atoms. The minimum atomic E-state index is -2.25. The first-order chi connectivity index (χ1) is 38.4.